The number of rotatable bonds is 5. The molecule has 1 unspecified atom stereocenters. The second kappa shape index (κ2) is 5.10. The number of nitrogens with two attached hydrogens (primary N) is 1. The summed E-state index contributed by atoms with van der Waals surface area (Å²) >= 11 is 0. The Morgan fingerprint density at radius 1 is 1.35 bits per heavy atom. The van der Waals surface area contributed by atoms with Crippen LogP contribution in [0.15, 0.2) is 18.2 Å². The third-order valence-corrected chi connectivity index (χ3v) is 3.33. The van der Waals surface area contributed by atoms with Gasteiger partial charge in [-0.15, -0.1) is 0 Å². The van der Waals surface area contributed by atoms with Gasteiger partial charge >= 0.3 is 0 Å². The maximum atomic E-state index is 13.2. The molecule has 2 N–H and O–H groups in total. The van der Waals surface area contributed by atoms with Crippen LogP contribution in [0.3, 0.4) is 0 Å². The van der Waals surface area contributed by atoms with Crippen molar-refractivity contribution < 1.29 is 8.78 Å². The Morgan fingerprint density at radius 2 is 2.06 bits per heavy atom. The summed E-state index contributed by atoms with van der Waals surface area (Å²) in [5.74, 6) is -1.60. The van der Waals surface area contributed by atoms with Crippen molar-refractivity contribution in [2.24, 2.45) is 5.73 Å². The minimum Gasteiger partial charge on any atom is -0.329 e. The lowest BCUT2D eigenvalue weighted by atomic mass is 10.0. The van der Waals surface area contributed by atoms with Gasteiger partial charge in [0.05, 0.1) is 0 Å². The molecule has 0 aliphatic heterocycles. The highest BCUT2D eigenvalue weighted by atomic mass is 19.2. The van der Waals surface area contributed by atoms with Gasteiger partial charge in [0.25, 0.3) is 0 Å². The predicted molar refractivity (Wildman–Crippen MR) is 63.6 cm³/mol. The Kier molecular flexibility index (Phi) is 3.74. The summed E-state index contributed by atoms with van der Waals surface area (Å²) < 4.78 is 26.1. The van der Waals surface area contributed by atoms with E-state index in [1.807, 2.05) is 0 Å². The normalized spacial score (nSPS) is 17.5. The molecule has 0 bridgehead atoms. The number of benzene rings is 1. The van der Waals surface area contributed by atoms with E-state index >= 15 is 0 Å². The predicted octanol–water partition coefficient (Wildman–Crippen LogP) is 2.45. The molecule has 0 amide bonds. The Labute approximate surface area is 100 Å². The second-order valence-electron chi connectivity index (χ2n) is 4.49. The fourth-order valence-corrected chi connectivity index (χ4v) is 2.32. The lowest BCUT2D eigenvalue weighted by molar-refractivity contribution is 0.201. The first kappa shape index (κ1) is 12.5. The first-order valence-corrected chi connectivity index (χ1v) is 6.08. The molecule has 0 radical (unpaired) electrons. The fourth-order valence-electron chi connectivity index (χ4n) is 2.32. The van der Waals surface area contributed by atoms with Gasteiger partial charge in [-0.1, -0.05) is 13.0 Å². The van der Waals surface area contributed by atoms with Crippen LogP contribution in [0.5, 0.6) is 0 Å². The van der Waals surface area contributed by atoms with E-state index in [1.54, 1.807) is 6.07 Å². The van der Waals surface area contributed by atoms with E-state index in [0.717, 1.165) is 12.1 Å². The van der Waals surface area contributed by atoms with Crippen molar-refractivity contribution in [3.63, 3.8) is 0 Å². The van der Waals surface area contributed by atoms with Gasteiger partial charge in [0.15, 0.2) is 11.6 Å². The summed E-state index contributed by atoms with van der Waals surface area (Å²) in [6.45, 7) is 3.38. The zero-order chi connectivity index (χ0) is 12.4. The van der Waals surface area contributed by atoms with Crippen LogP contribution in [0.4, 0.5) is 8.78 Å². The van der Waals surface area contributed by atoms with E-state index in [9.17, 15) is 8.78 Å². The molecule has 4 heteroatoms. The maximum Gasteiger partial charge on any atom is 0.159 e. The maximum absolute atomic E-state index is 13.2. The molecule has 1 aliphatic carbocycles. The van der Waals surface area contributed by atoms with Crippen molar-refractivity contribution in [2.45, 2.75) is 31.8 Å². The van der Waals surface area contributed by atoms with E-state index in [0.29, 0.717) is 12.6 Å². The molecule has 0 spiro atoms. The van der Waals surface area contributed by atoms with Crippen LogP contribution in [-0.4, -0.2) is 24.0 Å². The average Bonchev–Trinajstić information content (AvgIpc) is 3.14. The van der Waals surface area contributed by atoms with Crippen molar-refractivity contribution in [3.05, 3.63) is 35.4 Å². The zero-order valence-corrected chi connectivity index (χ0v) is 10.00. The summed E-state index contributed by atoms with van der Waals surface area (Å²) in [7, 11) is 0. The molecule has 1 saturated carbocycles. The third kappa shape index (κ3) is 2.64. The number of likely N-dealkylation sites (N-methyl/N-ethyl adjacent to an activating group) is 1. The van der Waals surface area contributed by atoms with Gasteiger partial charge in [-0.2, -0.15) is 0 Å². The molecule has 1 fully saturated rings. The van der Waals surface area contributed by atoms with E-state index < -0.39 is 11.6 Å². The van der Waals surface area contributed by atoms with Gasteiger partial charge in [-0.3, -0.25) is 4.90 Å². The number of hydrogen-bond acceptors (Lipinski definition) is 2. The van der Waals surface area contributed by atoms with Gasteiger partial charge in [0.1, 0.15) is 0 Å². The molecule has 0 saturated heterocycles. The molecular weight excluding hydrogens is 222 g/mol. The Hall–Kier alpha value is -1.00. The number of nitrogens with zero attached hydrogens (tertiary/aromatic N) is 1. The standard InChI is InChI=1S/C13H18F2N2/c1-2-17(10-4-5-10)13(8-16)9-3-6-11(14)12(15)7-9/h3,6-7,10,13H,2,4-5,8,16H2,1H3. The van der Waals surface area contributed by atoms with E-state index in [1.165, 1.54) is 25.0 Å². The van der Waals surface area contributed by atoms with Crippen LogP contribution >= 0.6 is 0 Å². The van der Waals surface area contributed by atoms with Crippen molar-refractivity contribution in [1.82, 2.24) is 4.90 Å². The highest BCUT2D eigenvalue weighted by molar-refractivity contribution is 5.22. The number of hydrogen-bond donors (Lipinski definition) is 1. The van der Waals surface area contributed by atoms with Gasteiger partial charge in [-0.25, -0.2) is 8.78 Å². The van der Waals surface area contributed by atoms with E-state index in [4.69, 9.17) is 5.73 Å². The molecule has 0 aromatic heterocycles. The van der Waals surface area contributed by atoms with Crippen LogP contribution in [0, 0.1) is 11.6 Å². The largest absolute Gasteiger partial charge is 0.329 e. The third-order valence-electron chi connectivity index (χ3n) is 3.33. The highest BCUT2D eigenvalue weighted by Gasteiger charge is 2.33. The van der Waals surface area contributed by atoms with Gasteiger partial charge in [-0.05, 0) is 37.1 Å². The van der Waals surface area contributed by atoms with Gasteiger partial charge in [0.2, 0.25) is 0 Å². The van der Waals surface area contributed by atoms with Crippen LogP contribution in [0.2, 0.25) is 0 Å². The molecule has 17 heavy (non-hydrogen) atoms. The molecule has 1 aromatic rings. The zero-order valence-electron chi connectivity index (χ0n) is 10.00. The summed E-state index contributed by atoms with van der Waals surface area (Å²) in [4.78, 5) is 2.27. The monoisotopic (exact) mass is 240 g/mol. The summed E-state index contributed by atoms with van der Waals surface area (Å²) in [5, 5.41) is 0. The molecule has 0 heterocycles. The molecular formula is C13H18F2N2. The Bertz CT molecular complexity index is 391. The molecule has 1 aromatic carbocycles. The molecule has 2 nitrogen and oxygen atoms in total. The Morgan fingerprint density at radius 3 is 2.53 bits per heavy atom. The van der Waals surface area contributed by atoms with Crippen LogP contribution < -0.4 is 5.73 Å². The minimum absolute atomic E-state index is 0.0115. The van der Waals surface area contributed by atoms with Crippen molar-refractivity contribution in [2.75, 3.05) is 13.1 Å². The summed E-state index contributed by atoms with van der Waals surface area (Å²) in [6, 6.07) is 4.61. The summed E-state index contributed by atoms with van der Waals surface area (Å²) in [5.41, 5.74) is 6.54. The van der Waals surface area contributed by atoms with Gasteiger partial charge < -0.3 is 5.73 Å². The fraction of sp³-hybridized carbons (Fsp3) is 0.538. The van der Waals surface area contributed by atoms with Gasteiger partial charge in [0, 0.05) is 18.6 Å². The highest BCUT2D eigenvalue weighted by Crippen LogP contribution is 2.33. The molecule has 2 rings (SSSR count). The summed E-state index contributed by atoms with van der Waals surface area (Å²) in [6.07, 6.45) is 2.35. The lowest BCUT2D eigenvalue weighted by Gasteiger charge is -2.30. The quantitative estimate of drug-likeness (QED) is 0.856. The average molecular weight is 240 g/mol. The first-order chi connectivity index (χ1) is 8.17. The Balaban J connectivity index is 2.23. The first-order valence-electron chi connectivity index (χ1n) is 6.08. The van der Waals surface area contributed by atoms with E-state index in [-0.39, 0.29) is 6.04 Å². The van der Waals surface area contributed by atoms with Crippen molar-refractivity contribution in [1.29, 1.82) is 0 Å². The molecule has 1 atom stereocenters. The SMILES string of the molecule is CCN(C1CC1)C(CN)c1ccc(F)c(F)c1. The number of halogens is 2. The van der Waals surface area contributed by atoms with E-state index in [2.05, 4.69) is 11.8 Å². The van der Waals surface area contributed by atoms with Crippen LogP contribution in [0.1, 0.15) is 31.4 Å². The smallest absolute Gasteiger partial charge is 0.159 e. The lowest BCUT2D eigenvalue weighted by Crippen LogP contribution is -2.35. The topological polar surface area (TPSA) is 29.3 Å². The molecule has 1 aliphatic rings. The minimum atomic E-state index is -0.806. The van der Waals surface area contributed by atoms with Crippen LogP contribution in [-0.2, 0) is 0 Å². The van der Waals surface area contributed by atoms with Crippen molar-refractivity contribution in [3.8, 4) is 0 Å². The second-order valence-corrected chi connectivity index (χ2v) is 4.49. The van der Waals surface area contributed by atoms with Crippen molar-refractivity contribution >= 4 is 0 Å². The van der Waals surface area contributed by atoms with Crippen LogP contribution in [0.25, 0.3) is 0 Å². The molecule has 94 valence electrons.